The van der Waals surface area contributed by atoms with Gasteiger partial charge in [0.2, 0.25) is 5.95 Å². The van der Waals surface area contributed by atoms with E-state index in [0.717, 1.165) is 56.4 Å². The molecule has 0 radical (unpaired) electrons. The summed E-state index contributed by atoms with van der Waals surface area (Å²) in [4.78, 5) is 11.4. The van der Waals surface area contributed by atoms with Gasteiger partial charge in [0, 0.05) is 30.9 Å². The zero-order valence-electron chi connectivity index (χ0n) is 10.6. The molecule has 0 bridgehead atoms. The van der Waals surface area contributed by atoms with Gasteiger partial charge >= 0.3 is 0 Å². The van der Waals surface area contributed by atoms with Crippen LogP contribution in [0.2, 0.25) is 0 Å². The minimum atomic E-state index is 0.112. The van der Waals surface area contributed by atoms with Gasteiger partial charge in [0.25, 0.3) is 0 Å². The molecule has 1 aromatic heterocycles. The number of aromatic nitrogens is 2. The second kappa shape index (κ2) is 5.20. The zero-order valence-corrected chi connectivity index (χ0v) is 10.6. The molecule has 0 aromatic carbocycles. The Bertz CT molecular complexity index is 417. The van der Waals surface area contributed by atoms with Gasteiger partial charge in [-0.3, -0.25) is 0 Å². The van der Waals surface area contributed by atoms with Crippen molar-refractivity contribution in [3.8, 4) is 0 Å². The van der Waals surface area contributed by atoms with Gasteiger partial charge in [-0.1, -0.05) is 6.42 Å². The smallest absolute Gasteiger partial charge is 0.225 e. The molecule has 18 heavy (non-hydrogen) atoms. The van der Waals surface area contributed by atoms with E-state index in [1.807, 2.05) is 6.20 Å². The quantitative estimate of drug-likeness (QED) is 0.752. The van der Waals surface area contributed by atoms with Crippen molar-refractivity contribution in [1.29, 1.82) is 0 Å². The average Bonchev–Trinajstić information content (AvgIpc) is 2.61. The van der Waals surface area contributed by atoms with Crippen LogP contribution in [0.15, 0.2) is 6.20 Å². The Morgan fingerprint density at radius 2 is 2.11 bits per heavy atom. The third kappa shape index (κ3) is 2.33. The Hall–Kier alpha value is -1.20. The fourth-order valence-corrected chi connectivity index (χ4v) is 2.65. The number of anilines is 1. The maximum atomic E-state index is 6.16. The van der Waals surface area contributed by atoms with E-state index in [0.29, 0.717) is 0 Å². The third-order valence-electron chi connectivity index (χ3n) is 3.76. The maximum Gasteiger partial charge on any atom is 0.225 e. The predicted octanol–water partition coefficient (Wildman–Crippen LogP) is 1.04. The topological polar surface area (TPSA) is 64.3 Å². The highest BCUT2D eigenvalue weighted by molar-refractivity contribution is 5.35. The van der Waals surface area contributed by atoms with Gasteiger partial charge in [-0.15, -0.1) is 0 Å². The van der Waals surface area contributed by atoms with Crippen molar-refractivity contribution in [3.63, 3.8) is 0 Å². The molecule has 1 aliphatic carbocycles. The highest BCUT2D eigenvalue weighted by Crippen LogP contribution is 2.26. The lowest BCUT2D eigenvalue weighted by atomic mass is 10.1. The van der Waals surface area contributed by atoms with Gasteiger partial charge in [-0.25, -0.2) is 9.97 Å². The molecule has 98 valence electrons. The summed E-state index contributed by atoms with van der Waals surface area (Å²) in [6.45, 7) is 3.29. The van der Waals surface area contributed by atoms with Crippen molar-refractivity contribution in [3.05, 3.63) is 17.5 Å². The van der Waals surface area contributed by atoms with Crippen LogP contribution in [0.1, 0.15) is 36.6 Å². The number of hydrogen-bond acceptors (Lipinski definition) is 5. The number of aryl methyl sites for hydroxylation is 1. The molecule has 5 heteroatoms. The first-order valence-corrected chi connectivity index (χ1v) is 6.78. The normalized spacial score (nSPS) is 24.5. The Balaban J connectivity index is 1.87. The summed E-state index contributed by atoms with van der Waals surface area (Å²) >= 11 is 0. The lowest BCUT2D eigenvalue weighted by molar-refractivity contribution is 0.122. The van der Waals surface area contributed by atoms with Gasteiger partial charge in [0.1, 0.15) is 0 Å². The van der Waals surface area contributed by atoms with E-state index >= 15 is 0 Å². The fourth-order valence-electron chi connectivity index (χ4n) is 2.65. The van der Waals surface area contributed by atoms with Crippen LogP contribution in [-0.2, 0) is 11.2 Å². The molecule has 3 rings (SSSR count). The van der Waals surface area contributed by atoms with Crippen LogP contribution in [0.4, 0.5) is 5.95 Å². The molecule has 1 atom stereocenters. The molecule has 0 spiro atoms. The van der Waals surface area contributed by atoms with E-state index in [4.69, 9.17) is 15.5 Å². The third-order valence-corrected chi connectivity index (χ3v) is 3.76. The van der Waals surface area contributed by atoms with Crippen LogP contribution in [0.25, 0.3) is 0 Å². The first kappa shape index (κ1) is 11.9. The monoisotopic (exact) mass is 248 g/mol. The van der Waals surface area contributed by atoms with Gasteiger partial charge < -0.3 is 15.4 Å². The minimum absolute atomic E-state index is 0.112. The molecule has 2 N–H and O–H groups in total. The highest BCUT2D eigenvalue weighted by atomic mass is 16.5. The SMILES string of the molecule is NC1CCCCc2nc(N3CCOCC3)ncc21. The first-order valence-electron chi connectivity index (χ1n) is 6.78. The summed E-state index contributed by atoms with van der Waals surface area (Å²) in [6.07, 6.45) is 6.38. The van der Waals surface area contributed by atoms with E-state index in [1.54, 1.807) is 0 Å². The lowest BCUT2D eigenvalue weighted by Crippen LogP contribution is -2.37. The second-order valence-electron chi connectivity index (χ2n) is 5.02. The highest BCUT2D eigenvalue weighted by Gasteiger charge is 2.20. The van der Waals surface area contributed by atoms with Crippen LogP contribution >= 0.6 is 0 Å². The molecule has 5 nitrogen and oxygen atoms in total. The molecule has 0 amide bonds. The van der Waals surface area contributed by atoms with Crippen molar-refractivity contribution in [2.24, 2.45) is 5.73 Å². The van der Waals surface area contributed by atoms with E-state index in [2.05, 4.69) is 9.88 Å². The molecule has 1 fully saturated rings. The van der Waals surface area contributed by atoms with Crippen LogP contribution in [0.3, 0.4) is 0 Å². The predicted molar refractivity (Wildman–Crippen MR) is 69.5 cm³/mol. The average molecular weight is 248 g/mol. The van der Waals surface area contributed by atoms with Crippen LogP contribution < -0.4 is 10.6 Å². The Morgan fingerprint density at radius 1 is 1.28 bits per heavy atom. The van der Waals surface area contributed by atoms with Gasteiger partial charge in [0.15, 0.2) is 0 Å². The van der Waals surface area contributed by atoms with Gasteiger partial charge in [-0.2, -0.15) is 0 Å². The second-order valence-corrected chi connectivity index (χ2v) is 5.02. The Labute approximate surface area is 107 Å². The molecule has 1 saturated heterocycles. The van der Waals surface area contributed by atoms with E-state index in [9.17, 15) is 0 Å². The van der Waals surface area contributed by atoms with E-state index in [-0.39, 0.29) is 6.04 Å². The van der Waals surface area contributed by atoms with Crippen LogP contribution in [0, 0.1) is 0 Å². The summed E-state index contributed by atoms with van der Waals surface area (Å²) in [6, 6.07) is 0.112. The lowest BCUT2D eigenvalue weighted by Gasteiger charge is -2.27. The molecule has 1 unspecified atom stereocenters. The number of rotatable bonds is 1. The van der Waals surface area contributed by atoms with E-state index < -0.39 is 0 Å². The number of nitrogens with two attached hydrogens (primary N) is 1. The Kier molecular flexibility index (Phi) is 3.43. The van der Waals surface area contributed by atoms with E-state index in [1.165, 1.54) is 12.8 Å². The molecular formula is C13H20N4O. The van der Waals surface area contributed by atoms with Crippen molar-refractivity contribution < 1.29 is 4.74 Å². The number of morpholine rings is 1. The zero-order chi connectivity index (χ0) is 12.4. The van der Waals surface area contributed by atoms with Crippen molar-refractivity contribution in [2.75, 3.05) is 31.2 Å². The molecule has 1 aliphatic heterocycles. The molecule has 1 aromatic rings. The maximum absolute atomic E-state index is 6.16. The summed E-state index contributed by atoms with van der Waals surface area (Å²) in [5.41, 5.74) is 8.45. The van der Waals surface area contributed by atoms with Crippen molar-refractivity contribution in [1.82, 2.24) is 9.97 Å². The first-order chi connectivity index (χ1) is 8.84. The largest absolute Gasteiger partial charge is 0.378 e. The van der Waals surface area contributed by atoms with Crippen molar-refractivity contribution >= 4 is 5.95 Å². The van der Waals surface area contributed by atoms with Crippen LogP contribution in [-0.4, -0.2) is 36.3 Å². The molecule has 0 saturated carbocycles. The Morgan fingerprint density at radius 3 is 2.94 bits per heavy atom. The molecule has 2 aliphatic rings. The minimum Gasteiger partial charge on any atom is -0.378 e. The van der Waals surface area contributed by atoms with Crippen LogP contribution in [0.5, 0.6) is 0 Å². The number of fused-ring (bicyclic) bond motifs is 1. The summed E-state index contributed by atoms with van der Waals surface area (Å²) in [5.74, 6) is 0.839. The summed E-state index contributed by atoms with van der Waals surface area (Å²) in [7, 11) is 0. The number of nitrogens with zero attached hydrogens (tertiary/aromatic N) is 3. The summed E-state index contributed by atoms with van der Waals surface area (Å²) < 4.78 is 5.35. The summed E-state index contributed by atoms with van der Waals surface area (Å²) in [5, 5.41) is 0. The van der Waals surface area contributed by atoms with Crippen molar-refractivity contribution in [2.45, 2.75) is 31.7 Å². The van der Waals surface area contributed by atoms with Gasteiger partial charge in [-0.05, 0) is 19.3 Å². The molecule has 2 heterocycles. The fraction of sp³-hybridized carbons (Fsp3) is 0.692. The number of ether oxygens (including phenoxy) is 1. The molecular weight excluding hydrogens is 228 g/mol. The number of hydrogen-bond donors (Lipinski definition) is 1. The standard InChI is InChI=1S/C13H20N4O/c14-11-3-1-2-4-12-10(11)9-15-13(16-12)17-5-7-18-8-6-17/h9,11H,1-8,14H2. The van der Waals surface area contributed by atoms with Gasteiger partial charge in [0.05, 0.1) is 18.9 Å².